The molecule has 0 radical (unpaired) electrons. The van der Waals surface area contributed by atoms with E-state index in [0.717, 1.165) is 48.5 Å². The average Bonchev–Trinajstić information content (AvgIpc) is 2.85. The van der Waals surface area contributed by atoms with Gasteiger partial charge in [-0.2, -0.15) is 5.26 Å². The van der Waals surface area contributed by atoms with Crippen molar-refractivity contribution in [3.63, 3.8) is 0 Å². The molecule has 1 heterocycles. The first kappa shape index (κ1) is 26.0. The summed E-state index contributed by atoms with van der Waals surface area (Å²) in [5, 5.41) is 22.0. The number of rotatable bonds is 6. The maximum absolute atomic E-state index is 13.2. The lowest BCUT2D eigenvalue weighted by Gasteiger charge is -2.63. The zero-order chi connectivity index (χ0) is 26.3. The summed E-state index contributed by atoms with van der Waals surface area (Å²) in [5.41, 5.74) is 3.74. The van der Waals surface area contributed by atoms with Crippen molar-refractivity contribution in [3.05, 3.63) is 58.7 Å². The summed E-state index contributed by atoms with van der Waals surface area (Å²) in [5.74, 6) is 1.09. The van der Waals surface area contributed by atoms with Crippen LogP contribution in [0.5, 0.6) is 5.75 Å². The van der Waals surface area contributed by atoms with Crippen molar-refractivity contribution >= 4 is 11.6 Å². The number of anilines is 1. The van der Waals surface area contributed by atoms with Gasteiger partial charge in [-0.15, -0.1) is 0 Å². The number of aliphatic hydroxyl groups is 1. The highest BCUT2D eigenvalue weighted by Crippen LogP contribution is 2.55. The molecule has 0 bridgehead atoms. The lowest BCUT2D eigenvalue weighted by atomic mass is 9.49. The zero-order valence-corrected chi connectivity index (χ0v) is 22.4. The van der Waals surface area contributed by atoms with Crippen molar-refractivity contribution in [2.75, 3.05) is 24.6 Å². The molecule has 2 fully saturated rings. The van der Waals surface area contributed by atoms with Crippen molar-refractivity contribution in [2.24, 2.45) is 16.7 Å². The minimum Gasteiger partial charge on any atom is -0.489 e. The second-order valence-corrected chi connectivity index (χ2v) is 11.8. The van der Waals surface area contributed by atoms with E-state index in [1.54, 1.807) is 0 Å². The third kappa shape index (κ3) is 4.69. The van der Waals surface area contributed by atoms with Crippen LogP contribution in [0, 0.1) is 41.9 Å². The van der Waals surface area contributed by atoms with Crippen molar-refractivity contribution in [3.8, 4) is 11.8 Å². The van der Waals surface area contributed by atoms with E-state index in [2.05, 4.69) is 44.0 Å². The molecule has 2 aromatic rings. The fraction of sp³-hybridized carbons (Fsp3) is 0.533. The molecule has 2 aromatic carbocycles. The van der Waals surface area contributed by atoms with Crippen molar-refractivity contribution in [1.82, 2.24) is 5.32 Å². The van der Waals surface area contributed by atoms with Crippen LogP contribution in [0.1, 0.15) is 67.6 Å². The number of nitriles is 1. The third-order valence-electron chi connectivity index (χ3n) is 8.35. The quantitative estimate of drug-likeness (QED) is 0.597. The van der Waals surface area contributed by atoms with E-state index in [1.807, 2.05) is 50.2 Å². The second-order valence-electron chi connectivity index (χ2n) is 11.8. The van der Waals surface area contributed by atoms with Crippen LogP contribution in [0.3, 0.4) is 0 Å². The molecular formula is C30H39N3O3. The van der Waals surface area contributed by atoms with Gasteiger partial charge in [-0.25, -0.2) is 0 Å². The molecule has 1 saturated carbocycles. The largest absolute Gasteiger partial charge is 0.489 e. The molecule has 1 aliphatic heterocycles. The topological polar surface area (TPSA) is 85.6 Å². The fourth-order valence-corrected chi connectivity index (χ4v) is 6.52. The molecule has 6 nitrogen and oxygen atoms in total. The first-order valence-corrected chi connectivity index (χ1v) is 12.9. The van der Waals surface area contributed by atoms with Gasteiger partial charge in [0.15, 0.2) is 0 Å². The highest BCUT2D eigenvalue weighted by molar-refractivity contribution is 5.95. The second kappa shape index (κ2) is 9.78. The van der Waals surface area contributed by atoms with Crippen LogP contribution in [-0.4, -0.2) is 42.9 Å². The first-order chi connectivity index (χ1) is 17.0. The van der Waals surface area contributed by atoms with Crippen LogP contribution in [-0.2, 0) is 0 Å². The van der Waals surface area contributed by atoms with E-state index < -0.39 is 0 Å². The number of ether oxygens (including phenoxy) is 1. The molecule has 2 aliphatic rings. The maximum atomic E-state index is 13.2. The van der Waals surface area contributed by atoms with E-state index in [9.17, 15) is 15.2 Å². The van der Waals surface area contributed by atoms with E-state index in [-0.39, 0.29) is 35.5 Å². The molecule has 2 N–H and O–H groups in total. The lowest BCUT2D eigenvalue weighted by Crippen LogP contribution is -2.74. The molecule has 6 heteroatoms. The summed E-state index contributed by atoms with van der Waals surface area (Å²) < 4.78 is 6.48. The van der Waals surface area contributed by atoms with Gasteiger partial charge < -0.3 is 20.1 Å². The Hall–Kier alpha value is -3.04. The van der Waals surface area contributed by atoms with Crippen molar-refractivity contribution < 1.29 is 14.6 Å². The van der Waals surface area contributed by atoms with E-state index in [4.69, 9.17) is 4.74 Å². The van der Waals surface area contributed by atoms with Gasteiger partial charge in [0, 0.05) is 47.8 Å². The maximum Gasteiger partial charge on any atom is 0.251 e. The Morgan fingerprint density at radius 2 is 1.64 bits per heavy atom. The number of nitrogens with zero attached hydrogens (tertiary/aromatic N) is 2. The predicted molar refractivity (Wildman–Crippen MR) is 142 cm³/mol. The number of benzene rings is 2. The van der Waals surface area contributed by atoms with Crippen LogP contribution in [0.15, 0.2) is 36.4 Å². The van der Waals surface area contributed by atoms with Gasteiger partial charge >= 0.3 is 0 Å². The van der Waals surface area contributed by atoms with E-state index in [1.165, 1.54) is 0 Å². The van der Waals surface area contributed by atoms with Crippen LogP contribution >= 0.6 is 0 Å². The number of hydrogen-bond donors (Lipinski definition) is 2. The minimum atomic E-state index is -0.272. The Bertz CT molecular complexity index is 1120. The van der Waals surface area contributed by atoms with Gasteiger partial charge in [-0.3, -0.25) is 4.79 Å². The van der Waals surface area contributed by atoms with Gasteiger partial charge in [-0.1, -0.05) is 27.7 Å². The SMILES string of the molecule is Cc1cc(OC2C(C)(C)C(NC(=O)c3ccc(N4CCC(CO)CC4)cc3)C2(C)C)cc(C)c1C#N. The molecule has 0 spiro atoms. The summed E-state index contributed by atoms with van der Waals surface area (Å²) in [4.78, 5) is 15.5. The Kier molecular flexibility index (Phi) is 7.07. The third-order valence-corrected chi connectivity index (χ3v) is 8.35. The van der Waals surface area contributed by atoms with Crippen LogP contribution < -0.4 is 15.0 Å². The zero-order valence-electron chi connectivity index (χ0n) is 22.4. The van der Waals surface area contributed by atoms with Crippen LogP contribution in [0.4, 0.5) is 5.69 Å². The van der Waals surface area contributed by atoms with E-state index >= 15 is 0 Å². The summed E-state index contributed by atoms with van der Waals surface area (Å²) >= 11 is 0. The standard InChI is InChI=1S/C30H39N3O3/c1-19-15-24(16-20(2)25(19)17-31)36-28-29(3,4)27(30(28,5)6)32-26(35)22-7-9-23(10-8-22)33-13-11-21(18-34)12-14-33/h7-10,15-16,21,27-28,34H,11-14,18H2,1-6H3,(H,32,35). The van der Waals surface area contributed by atoms with E-state index in [0.29, 0.717) is 17.0 Å². The van der Waals surface area contributed by atoms with Gasteiger partial charge in [0.25, 0.3) is 5.91 Å². The number of hydrogen-bond acceptors (Lipinski definition) is 5. The number of piperidine rings is 1. The normalized spacial score (nSPS) is 22.9. The number of aryl methyl sites for hydroxylation is 2. The minimum absolute atomic E-state index is 0.0553. The number of aliphatic hydroxyl groups excluding tert-OH is 1. The Labute approximate surface area is 215 Å². The van der Waals surface area contributed by atoms with Crippen LogP contribution in [0.25, 0.3) is 0 Å². The van der Waals surface area contributed by atoms with Gasteiger partial charge in [0.2, 0.25) is 0 Å². The fourth-order valence-electron chi connectivity index (χ4n) is 6.52. The highest BCUT2D eigenvalue weighted by Gasteiger charge is 2.64. The Morgan fingerprint density at radius 3 is 2.14 bits per heavy atom. The molecule has 0 unspecified atom stereocenters. The number of carbonyl (C=O) groups excluding carboxylic acids is 1. The summed E-state index contributed by atoms with van der Waals surface area (Å²) in [6.07, 6.45) is 1.90. The smallest absolute Gasteiger partial charge is 0.251 e. The molecule has 1 amide bonds. The van der Waals surface area contributed by atoms with Crippen molar-refractivity contribution in [2.45, 2.75) is 66.5 Å². The number of amides is 1. The van der Waals surface area contributed by atoms with Gasteiger partial charge in [0.05, 0.1) is 11.6 Å². The van der Waals surface area contributed by atoms with Gasteiger partial charge in [0.1, 0.15) is 11.9 Å². The molecule has 36 heavy (non-hydrogen) atoms. The van der Waals surface area contributed by atoms with Crippen molar-refractivity contribution in [1.29, 1.82) is 5.26 Å². The number of carbonyl (C=O) groups is 1. The highest BCUT2D eigenvalue weighted by atomic mass is 16.5. The predicted octanol–water partition coefficient (Wildman–Crippen LogP) is 5.00. The Balaban J connectivity index is 1.42. The molecule has 0 atom stereocenters. The monoisotopic (exact) mass is 489 g/mol. The molecule has 192 valence electrons. The summed E-state index contributed by atoms with van der Waals surface area (Å²) in [6, 6.07) is 13.9. The van der Waals surface area contributed by atoms with Gasteiger partial charge in [-0.05, 0) is 80.1 Å². The molecule has 1 aliphatic carbocycles. The summed E-state index contributed by atoms with van der Waals surface area (Å²) in [7, 11) is 0. The van der Waals surface area contributed by atoms with Crippen LogP contribution in [0.2, 0.25) is 0 Å². The molecule has 1 saturated heterocycles. The average molecular weight is 490 g/mol. The number of nitrogens with one attached hydrogen (secondary N) is 1. The lowest BCUT2D eigenvalue weighted by molar-refractivity contribution is -0.164. The summed E-state index contributed by atoms with van der Waals surface area (Å²) in [6.45, 7) is 14.5. The molecule has 0 aromatic heterocycles. The molecule has 4 rings (SSSR count). The molecular weight excluding hydrogens is 450 g/mol. The first-order valence-electron chi connectivity index (χ1n) is 12.9. The Morgan fingerprint density at radius 1 is 1.08 bits per heavy atom.